The Bertz CT molecular complexity index is 381. The minimum absolute atomic E-state index is 0.0762. The van der Waals surface area contributed by atoms with Crippen molar-refractivity contribution >= 4 is 11.9 Å². The number of hydrogen-bond acceptors (Lipinski definition) is 7. The molecule has 0 aliphatic heterocycles. The molecule has 0 amide bonds. The molecule has 0 aromatic carbocycles. The molecule has 0 aliphatic carbocycles. The molecule has 1 atom stereocenters. The van der Waals surface area contributed by atoms with Gasteiger partial charge < -0.3 is 20.9 Å². The number of nitrogen functional groups attached to an aromatic ring is 1. The fraction of sp³-hybridized carbons (Fsp3) is 0.700. The number of aliphatic hydroxyl groups is 1. The summed E-state index contributed by atoms with van der Waals surface area (Å²) in [5.74, 6) is 0.360. The van der Waals surface area contributed by atoms with Crippen LogP contribution in [0.5, 0.6) is 6.01 Å². The van der Waals surface area contributed by atoms with Crippen molar-refractivity contribution in [3.05, 3.63) is 0 Å². The highest BCUT2D eigenvalue weighted by molar-refractivity contribution is 5.35. The second-order valence-electron chi connectivity index (χ2n) is 4.26. The van der Waals surface area contributed by atoms with Crippen molar-refractivity contribution in [3.63, 3.8) is 0 Å². The first-order valence-electron chi connectivity index (χ1n) is 5.45. The van der Waals surface area contributed by atoms with Crippen LogP contribution in [0.25, 0.3) is 0 Å². The van der Waals surface area contributed by atoms with E-state index >= 15 is 0 Å². The maximum Gasteiger partial charge on any atom is 0.323 e. The van der Waals surface area contributed by atoms with Crippen LogP contribution in [0.3, 0.4) is 0 Å². The van der Waals surface area contributed by atoms with Crippen LogP contribution in [-0.4, -0.2) is 38.3 Å². The summed E-state index contributed by atoms with van der Waals surface area (Å²) >= 11 is 0. The first kappa shape index (κ1) is 13.4. The van der Waals surface area contributed by atoms with E-state index < -0.39 is 11.6 Å². The minimum atomic E-state index is -0.573. The van der Waals surface area contributed by atoms with Crippen LogP contribution >= 0.6 is 0 Å². The summed E-state index contributed by atoms with van der Waals surface area (Å²) in [7, 11) is 0. The number of nitrogens with zero attached hydrogens (tertiary/aromatic N) is 3. The van der Waals surface area contributed by atoms with Crippen LogP contribution < -0.4 is 15.8 Å². The van der Waals surface area contributed by atoms with Crippen LogP contribution in [0, 0.1) is 0 Å². The fourth-order valence-electron chi connectivity index (χ4n) is 1.01. The van der Waals surface area contributed by atoms with Gasteiger partial charge in [0, 0.05) is 0 Å². The number of aromatic nitrogens is 3. The van der Waals surface area contributed by atoms with Gasteiger partial charge in [0.2, 0.25) is 11.9 Å². The monoisotopic (exact) mass is 241 g/mol. The van der Waals surface area contributed by atoms with Gasteiger partial charge in [-0.15, -0.1) is 0 Å². The highest BCUT2D eigenvalue weighted by atomic mass is 16.5. The van der Waals surface area contributed by atoms with E-state index in [1.807, 2.05) is 20.8 Å². The largest absolute Gasteiger partial charge is 0.464 e. The van der Waals surface area contributed by atoms with Crippen LogP contribution in [0.2, 0.25) is 0 Å². The van der Waals surface area contributed by atoms with Gasteiger partial charge in [-0.2, -0.15) is 15.0 Å². The highest BCUT2D eigenvalue weighted by Gasteiger charge is 2.25. The Labute approximate surface area is 100 Å². The quantitative estimate of drug-likeness (QED) is 0.686. The zero-order valence-corrected chi connectivity index (χ0v) is 10.6. The third kappa shape index (κ3) is 3.70. The van der Waals surface area contributed by atoms with Crippen molar-refractivity contribution in [2.24, 2.45) is 0 Å². The molecular formula is C10H19N5O2. The first-order chi connectivity index (χ1) is 7.85. The van der Waals surface area contributed by atoms with Crippen LogP contribution in [0.15, 0.2) is 0 Å². The predicted octanol–water partition coefficient (Wildman–Crippen LogP) is 0.424. The number of rotatable bonds is 5. The number of anilines is 2. The molecule has 1 heterocycles. The third-order valence-electron chi connectivity index (χ3n) is 2.38. The van der Waals surface area contributed by atoms with E-state index in [0.29, 0.717) is 6.61 Å². The molecule has 0 spiro atoms. The summed E-state index contributed by atoms with van der Waals surface area (Å²) in [5, 5.41) is 12.6. The summed E-state index contributed by atoms with van der Waals surface area (Å²) in [6.07, 6.45) is -0.573. The highest BCUT2D eigenvalue weighted by Crippen LogP contribution is 2.17. The molecule has 7 heteroatoms. The van der Waals surface area contributed by atoms with E-state index in [2.05, 4.69) is 20.3 Å². The van der Waals surface area contributed by atoms with E-state index in [1.54, 1.807) is 6.92 Å². The molecule has 0 aliphatic rings. The van der Waals surface area contributed by atoms with Crippen molar-refractivity contribution in [3.8, 4) is 6.01 Å². The number of nitrogens with two attached hydrogens (primary N) is 1. The molecular weight excluding hydrogens is 222 g/mol. The van der Waals surface area contributed by atoms with Crippen molar-refractivity contribution < 1.29 is 9.84 Å². The molecule has 17 heavy (non-hydrogen) atoms. The Morgan fingerprint density at radius 2 is 2.06 bits per heavy atom. The number of hydrogen-bond donors (Lipinski definition) is 3. The molecule has 0 bridgehead atoms. The van der Waals surface area contributed by atoms with Crippen LogP contribution in [-0.2, 0) is 0 Å². The van der Waals surface area contributed by atoms with Gasteiger partial charge in [0.1, 0.15) is 0 Å². The lowest BCUT2D eigenvalue weighted by atomic mass is 9.99. The van der Waals surface area contributed by atoms with Gasteiger partial charge in [0.15, 0.2) is 0 Å². The average Bonchev–Trinajstić information content (AvgIpc) is 2.15. The Morgan fingerprint density at radius 1 is 1.41 bits per heavy atom. The standard InChI is InChI=1S/C10H19N5O2/c1-5-17-9-13-7(11)12-8(14-9)15-10(3,4)6(2)16/h6,16H,5H2,1-4H3,(H3,11,12,13,14,15). The minimum Gasteiger partial charge on any atom is -0.464 e. The van der Waals surface area contributed by atoms with Gasteiger partial charge in [0.05, 0.1) is 18.2 Å². The van der Waals surface area contributed by atoms with Crippen molar-refractivity contribution in [2.45, 2.75) is 39.3 Å². The zero-order valence-electron chi connectivity index (χ0n) is 10.6. The van der Waals surface area contributed by atoms with Crippen LogP contribution in [0.4, 0.5) is 11.9 Å². The average molecular weight is 241 g/mol. The summed E-state index contributed by atoms with van der Waals surface area (Å²) in [6.45, 7) is 7.62. The molecule has 1 unspecified atom stereocenters. The Morgan fingerprint density at radius 3 is 2.59 bits per heavy atom. The first-order valence-corrected chi connectivity index (χ1v) is 5.45. The maximum atomic E-state index is 9.59. The molecule has 0 fully saturated rings. The van der Waals surface area contributed by atoms with E-state index in [-0.39, 0.29) is 17.9 Å². The molecule has 4 N–H and O–H groups in total. The Kier molecular flexibility index (Phi) is 4.06. The molecule has 0 saturated carbocycles. The summed E-state index contributed by atoms with van der Waals surface area (Å²) in [4.78, 5) is 11.8. The molecule has 0 radical (unpaired) electrons. The molecule has 0 saturated heterocycles. The fourth-order valence-corrected chi connectivity index (χ4v) is 1.01. The topological polar surface area (TPSA) is 106 Å². The van der Waals surface area contributed by atoms with E-state index in [0.717, 1.165) is 0 Å². The van der Waals surface area contributed by atoms with Crippen molar-refractivity contribution in [1.29, 1.82) is 0 Å². The number of aliphatic hydroxyl groups excluding tert-OH is 1. The van der Waals surface area contributed by atoms with Gasteiger partial charge in [-0.3, -0.25) is 0 Å². The van der Waals surface area contributed by atoms with E-state index in [4.69, 9.17) is 10.5 Å². The third-order valence-corrected chi connectivity index (χ3v) is 2.38. The van der Waals surface area contributed by atoms with Gasteiger partial charge in [-0.05, 0) is 27.7 Å². The van der Waals surface area contributed by atoms with Crippen molar-refractivity contribution in [1.82, 2.24) is 15.0 Å². The summed E-state index contributed by atoms with van der Waals surface area (Å²) in [6, 6.07) is 0.170. The van der Waals surface area contributed by atoms with Crippen LogP contribution in [0.1, 0.15) is 27.7 Å². The summed E-state index contributed by atoms with van der Waals surface area (Å²) in [5.41, 5.74) is 4.97. The lowest BCUT2D eigenvalue weighted by molar-refractivity contribution is 0.132. The SMILES string of the molecule is CCOc1nc(N)nc(NC(C)(C)C(C)O)n1. The second-order valence-corrected chi connectivity index (χ2v) is 4.26. The second kappa shape index (κ2) is 5.13. The normalized spacial score (nSPS) is 13.2. The maximum absolute atomic E-state index is 9.59. The van der Waals surface area contributed by atoms with E-state index in [1.165, 1.54) is 0 Å². The molecule has 1 rings (SSSR count). The lowest BCUT2D eigenvalue weighted by Gasteiger charge is -2.29. The molecule has 7 nitrogen and oxygen atoms in total. The van der Waals surface area contributed by atoms with Gasteiger partial charge in [-0.1, -0.05) is 0 Å². The molecule has 1 aromatic heterocycles. The van der Waals surface area contributed by atoms with Gasteiger partial charge in [0.25, 0.3) is 0 Å². The number of ether oxygens (including phenoxy) is 1. The van der Waals surface area contributed by atoms with Crippen molar-refractivity contribution in [2.75, 3.05) is 17.7 Å². The predicted molar refractivity (Wildman–Crippen MR) is 64.8 cm³/mol. The Balaban J connectivity index is 2.91. The number of nitrogens with one attached hydrogen (secondary N) is 1. The zero-order chi connectivity index (χ0) is 13.1. The molecule has 96 valence electrons. The van der Waals surface area contributed by atoms with Gasteiger partial charge in [-0.25, -0.2) is 0 Å². The Hall–Kier alpha value is -1.63. The van der Waals surface area contributed by atoms with E-state index in [9.17, 15) is 5.11 Å². The smallest absolute Gasteiger partial charge is 0.323 e. The van der Waals surface area contributed by atoms with Gasteiger partial charge >= 0.3 is 6.01 Å². The summed E-state index contributed by atoms with van der Waals surface area (Å²) < 4.78 is 5.16. The lowest BCUT2D eigenvalue weighted by Crippen LogP contribution is -2.42. The molecule has 1 aromatic rings.